The van der Waals surface area contributed by atoms with Gasteiger partial charge in [-0.1, -0.05) is 0 Å². The van der Waals surface area contributed by atoms with Crippen LogP contribution in [0.2, 0.25) is 0 Å². The number of nitrogens with zero attached hydrogens (tertiary/aromatic N) is 5. The number of H-pyrrole nitrogens is 1. The molecule has 0 unspecified atom stereocenters. The van der Waals surface area contributed by atoms with Crippen molar-refractivity contribution in [3.8, 4) is 0 Å². The zero-order valence-corrected chi connectivity index (χ0v) is 18.5. The van der Waals surface area contributed by atoms with Crippen molar-refractivity contribution in [1.82, 2.24) is 29.2 Å². The van der Waals surface area contributed by atoms with Gasteiger partial charge in [-0.25, -0.2) is 9.97 Å². The molecule has 8 nitrogen and oxygen atoms in total. The van der Waals surface area contributed by atoms with Crippen LogP contribution in [0.25, 0.3) is 15.2 Å². The summed E-state index contributed by atoms with van der Waals surface area (Å²) < 4.78 is 1.58. The van der Waals surface area contributed by atoms with Crippen LogP contribution in [-0.2, 0) is 13.1 Å². The number of piperazine rings is 1. The van der Waals surface area contributed by atoms with Gasteiger partial charge in [0.15, 0.2) is 4.96 Å². The highest BCUT2D eigenvalue weighted by Gasteiger charge is 2.20. The summed E-state index contributed by atoms with van der Waals surface area (Å²) in [6, 6.07) is 1.63. The van der Waals surface area contributed by atoms with Gasteiger partial charge in [0.25, 0.3) is 11.1 Å². The number of rotatable bonds is 4. The highest BCUT2D eigenvalue weighted by molar-refractivity contribution is 7.18. The van der Waals surface area contributed by atoms with Gasteiger partial charge in [-0.05, 0) is 19.4 Å². The van der Waals surface area contributed by atoms with Crippen LogP contribution in [-0.4, -0.2) is 55.3 Å². The molecule has 0 radical (unpaired) electrons. The zero-order chi connectivity index (χ0) is 20.8. The molecule has 1 aliphatic heterocycles. The Morgan fingerprint density at radius 3 is 2.57 bits per heavy atom. The highest BCUT2D eigenvalue weighted by atomic mass is 32.1. The van der Waals surface area contributed by atoms with Crippen molar-refractivity contribution in [2.75, 3.05) is 26.2 Å². The number of hydrogen-bond donors (Lipinski definition) is 1. The number of fused-ring (bicyclic) bond motifs is 2. The number of aromatic amines is 1. The second-order valence-electron chi connectivity index (χ2n) is 7.67. The summed E-state index contributed by atoms with van der Waals surface area (Å²) in [5, 5.41) is 2.60. The topological polar surface area (TPSA) is 86.6 Å². The van der Waals surface area contributed by atoms with Gasteiger partial charge in [0, 0.05) is 55.2 Å². The quantitative estimate of drug-likeness (QED) is 0.520. The van der Waals surface area contributed by atoms with Gasteiger partial charge in [0.05, 0.1) is 17.6 Å². The first-order valence-electron chi connectivity index (χ1n) is 9.87. The maximum Gasteiger partial charge on any atom is 0.259 e. The summed E-state index contributed by atoms with van der Waals surface area (Å²) in [6.45, 7) is 8.84. The summed E-state index contributed by atoms with van der Waals surface area (Å²) in [5.41, 5.74) is 1.77. The average Bonchev–Trinajstić information content (AvgIpc) is 3.28. The Morgan fingerprint density at radius 1 is 1.07 bits per heavy atom. The minimum Gasteiger partial charge on any atom is -0.309 e. The third-order valence-corrected chi connectivity index (χ3v) is 7.53. The van der Waals surface area contributed by atoms with E-state index >= 15 is 0 Å². The van der Waals surface area contributed by atoms with Crippen molar-refractivity contribution < 1.29 is 0 Å². The fraction of sp³-hybridized carbons (Fsp3) is 0.400. The smallest absolute Gasteiger partial charge is 0.259 e. The van der Waals surface area contributed by atoms with E-state index in [1.54, 1.807) is 28.0 Å². The molecule has 0 bridgehead atoms. The van der Waals surface area contributed by atoms with E-state index in [0.29, 0.717) is 13.1 Å². The lowest BCUT2D eigenvalue weighted by Gasteiger charge is -2.34. The summed E-state index contributed by atoms with van der Waals surface area (Å²) in [5.74, 6) is 0.722. The van der Waals surface area contributed by atoms with E-state index in [1.165, 1.54) is 11.3 Å². The first-order valence-corrected chi connectivity index (χ1v) is 11.6. The molecule has 0 aliphatic carbocycles. The third-order valence-electron chi connectivity index (χ3n) is 5.67. The molecule has 0 aromatic carbocycles. The predicted octanol–water partition coefficient (Wildman–Crippen LogP) is 1.99. The van der Waals surface area contributed by atoms with Crippen molar-refractivity contribution in [3.05, 3.63) is 60.3 Å². The molecule has 1 aliphatic rings. The van der Waals surface area contributed by atoms with Crippen LogP contribution in [0.1, 0.15) is 22.0 Å². The Hall–Kier alpha value is -2.40. The molecule has 1 fully saturated rings. The molecular formula is C20H22N6O2S2. The molecule has 156 valence electrons. The Bertz CT molecular complexity index is 1340. The molecule has 0 spiro atoms. The van der Waals surface area contributed by atoms with Gasteiger partial charge in [0.2, 0.25) is 0 Å². The van der Waals surface area contributed by atoms with Gasteiger partial charge >= 0.3 is 0 Å². The minimum absolute atomic E-state index is 0.0284. The molecule has 4 aromatic rings. The Labute approximate surface area is 180 Å². The fourth-order valence-electron chi connectivity index (χ4n) is 3.89. The van der Waals surface area contributed by atoms with E-state index < -0.39 is 0 Å². The molecular weight excluding hydrogens is 420 g/mol. The third kappa shape index (κ3) is 3.60. The Morgan fingerprint density at radius 2 is 1.80 bits per heavy atom. The van der Waals surface area contributed by atoms with E-state index in [1.807, 2.05) is 19.2 Å². The second kappa shape index (κ2) is 7.69. The number of nitrogens with one attached hydrogen (secondary N) is 1. The molecule has 4 aromatic heterocycles. The first kappa shape index (κ1) is 19.6. The van der Waals surface area contributed by atoms with Gasteiger partial charge in [0.1, 0.15) is 10.7 Å². The second-order valence-corrected chi connectivity index (χ2v) is 9.75. The van der Waals surface area contributed by atoms with E-state index in [2.05, 4.69) is 19.8 Å². The Kier molecular flexibility index (Phi) is 5.02. The lowest BCUT2D eigenvalue weighted by molar-refractivity contribution is 0.119. The molecule has 30 heavy (non-hydrogen) atoms. The molecule has 1 saturated heterocycles. The average molecular weight is 443 g/mol. The van der Waals surface area contributed by atoms with Crippen molar-refractivity contribution in [3.63, 3.8) is 0 Å². The summed E-state index contributed by atoms with van der Waals surface area (Å²) in [7, 11) is 0. The monoisotopic (exact) mass is 442 g/mol. The summed E-state index contributed by atoms with van der Waals surface area (Å²) in [6.07, 6.45) is 1.76. The van der Waals surface area contributed by atoms with Crippen molar-refractivity contribution >= 4 is 37.9 Å². The van der Waals surface area contributed by atoms with Crippen LogP contribution >= 0.6 is 22.7 Å². The lowest BCUT2D eigenvalue weighted by Crippen LogP contribution is -2.45. The van der Waals surface area contributed by atoms with Crippen molar-refractivity contribution in [1.29, 1.82) is 0 Å². The lowest BCUT2D eigenvalue weighted by atomic mass is 10.2. The van der Waals surface area contributed by atoms with Gasteiger partial charge < -0.3 is 4.98 Å². The van der Waals surface area contributed by atoms with E-state index in [-0.39, 0.29) is 11.1 Å². The van der Waals surface area contributed by atoms with Crippen LogP contribution in [0, 0.1) is 13.8 Å². The first-order chi connectivity index (χ1) is 14.5. The number of aromatic nitrogens is 4. The molecule has 5 heterocycles. The highest BCUT2D eigenvalue weighted by Crippen LogP contribution is 2.25. The van der Waals surface area contributed by atoms with Crippen LogP contribution in [0.5, 0.6) is 0 Å². The van der Waals surface area contributed by atoms with Crippen molar-refractivity contribution in [2.24, 2.45) is 0 Å². The van der Waals surface area contributed by atoms with E-state index in [0.717, 1.165) is 63.3 Å². The predicted molar refractivity (Wildman–Crippen MR) is 120 cm³/mol. The van der Waals surface area contributed by atoms with Crippen molar-refractivity contribution in [2.45, 2.75) is 26.9 Å². The largest absolute Gasteiger partial charge is 0.309 e. The van der Waals surface area contributed by atoms with E-state index in [9.17, 15) is 9.59 Å². The molecule has 0 atom stereocenters. The number of thiazole rings is 1. The summed E-state index contributed by atoms with van der Waals surface area (Å²) >= 11 is 3.06. The normalized spacial score (nSPS) is 16.1. The van der Waals surface area contributed by atoms with Crippen LogP contribution in [0.4, 0.5) is 0 Å². The van der Waals surface area contributed by atoms with Crippen LogP contribution in [0.3, 0.4) is 0 Å². The molecule has 0 amide bonds. The number of hydrogen-bond acceptors (Lipinski definition) is 8. The maximum absolute atomic E-state index is 12.5. The molecule has 5 rings (SSSR count). The van der Waals surface area contributed by atoms with Gasteiger partial charge in [-0.15, -0.1) is 22.7 Å². The molecule has 0 saturated carbocycles. The Balaban J connectivity index is 1.24. The fourth-order valence-corrected chi connectivity index (χ4v) is 5.68. The summed E-state index contributed by atoms with van der Waals surface area (Å²) in [4.78, 5) is 44.2. The SMILES string of the molecule is Cc1sc2nc(CN3CCN(Cc4cc(=O)n5ccsc5n4)CC3)[nH]c(=O)c2c1C. The minimum atomic E-state index is -0.0446. The number of aryl methyl sites for hydroxylation is 2. The molecule has 1 N–H and O–H groups in total. The zero-order valence-electron chi connectivity index (χ0n) is 16.8. The van der Waals surface area contributed by atoms with Crippen LogP contribution < -0.4 is 11.1 Å². The van der Waals surface area contributed by atoms with Gasteiger partial charge in [-0.3, -0.25) is 23.8 Å². The molecule has 10 heteroatoms. The standard InChI is InChI=1S/C20H22N6O2S2/c1-12-13(2)30-19-17(12)18(28)22-15(23-19)11-25-5-3-24(4-6-25)10-14-9-16(27)26-7-8-29-20(26)21-14/h7-9H,3-6,10-11H2,1-2H3,(H,22,23,28). The maximum atomic E-state index is 12.5. The van der Waals surface area contributed by atoms with E-state index in [4.69, 9.17) is 4.98 Å². The van der Waals surface area contributed by atoms with Crippen LogP contribution in [0.15, 0.2) is 27.2 Å². The number of thiophene rings is 1. The van der Waals surface area contributed by atoms with Gasteiger partial charge in [-0.2, -0.15) is 0 Å².